The second kappa shape index (κ2) is 9.01. The summed E-state index contributed by atoms with van der Waals surface area (Å²) in [5, 5.41) is 7.34. The van der Waals surface area contributed by atoms with Crippen molar-refractivity contribution in [2.24, 2.45) is 5.92 Å². The third kappa shape index (κ3) is 4.69. The Morgan fingerprint density at radius 1 is 1.12 bits per heavy atom. The fourth-order valence-electron chi connectivity index (χ4n) is 3.71. The first-order chi connectivity index (χ1) is 15.2. The number of amides is 1. The number of nitrogens with zero attached hydrogens (tertiary/aromatic N) is 3. The van der Waals surface area contributed by atoms with Crippen LogP contribution in [0.15, 0.2) is 51.9 Å². The van der Waals surface area contributed by atoms with E-state index in [-0.39, 0.29) is 29.8 Å². The zero-order valence-electron chi connectivity index (χ0n) is 17.7. The van der Waals surface area contributed by atoms with Gasteiger partial charge in [0.2, 0.25) is 27.6 Å². The molecule has 3 aromatic rings. The fourth-order valence-corrected chi connectivity index (χ4v) is 5.56. The van der Waals surface area contributed by atoms with Crippen molar-refractivity contribution < 1.29 is 17.7 Å². The van der Waals surface area contributed by atoms with Crippen LogP contribution >= 0.6 is 11.6 Å². The minimum Gasteiger partial charge on any atom is -0.339 e. The van der Waals surface area contributed by atoms with Gasteiger partial charge >= 0.3 is 0 Å². The second-order valence-electron chi connectivity index (χ2n) is 7.79. The highest BCUT2D eigenvalue weighted by Crippen LogP contribution is 2.29. The van der Waals surface area contributed by atoms with Crippen molar-refractivity contribution in [1.29, 1.82) is 0 Å². The number of rotatable bonds is 5. The highest BCUT2D eigenvalue weighted by molar-refractivity contribution is 7.89. The summed E-state index contributed by atoms with van der Waals surface area (Å²) >= 11 is 5.88. The summed E-state index contributed by atoms with van der Waals surface area (Å²) in [7, 11) is -3.73. The number of halogens is 1. The zero-order valence-corrected chi connectivity index (χ0v) is 19.3. The summed E-state index contributed by atoms with van der Waals surface area (Å²) in [5.74, 6) is 0.377. The Labute approximate surface area is 191 Å². The topological polar surface area (TPSA) is 105 Å². The second-order valence-corrected chi connectivity index (χ2v) is 10.1. The van der Waals surface area contributed by atoms with E-state index in [2.05, 4.69) is 15.5 Å². The lowest BCUT2D eigenvalue weighted by Crippen LogP contribution is -2.41. The maximum absolute atomic E-state index is 13.3. The number of anilines is 1. The fraction of sp³-hybridized carbons (Fsp3) is 0.318. The Balaban J connectivity index is 1.46. The quantitative estimate of drug-likeness (QED) is 0.598. The largest absolute Gasteiger partial charge is 0.339 e. The summed E-state index contributed by atoms with van der Waals surface area (Å²) in [6.45, 7) is 3.97. The van der Waals surface area contributed by atoms with Crippen LogP contribution in [0.4, 0.5) is 5.69 Å². The van der Waals surface area contributed by atoms with Crippen LogP contribution in [0, 0.1) is 19.8 Å². The molecule has 1 N–H and O–H groups in total. The molecule has 0 spiro atoms. The van der Waals surface area contributed by atoms with Crippen LogP contribution in [0.1, 0.15) is 24.3 Å². The Kier molecular flexibility index (Phi) is 6.32. The highest BCUT2D eigenvalue weighted by atomic mass is 35.5. The Morgan fingerprint density at radius 2 is 1.81 bits per heavy atom. The van der Waals surface area contributed by atoms with E-state index in [1.54, 1.807) is 56.3 Å². The molecule has 0 aliphatic carbocycles. The Bertz CT molecular complexity index is 1230. The van der Waals surface area contributed by atoms with Gasteiger partial charge in [0.25, 0.3) is 0 Å². The first-order valence-corrected chi connectivity index (χ1v) is 12.0. The molecule has 1 amide bonds. The van der Waals surface area contributed by atoms with E-state index in [0.717, 1.165) is 0 Å². The van der Waals surface area contributed by atoms with Crippen LogP contribution < -0.4 is 5.32 Å². The number of benzene rings is 2. The summed E-state index contributed by atoms with van der Waals surface area (Å²) in [4.78, 5) is 17.0. The molecule has 32 heavy (non-hydrogen) atoms. The van der Waals surface area contributed by atoms with E-state index >= 15 is 0 Å². The normalized spacial score (nSPS) is 15.6. The molecule has 4 rings (SSSR count). The standard InChI is InChI=1S/C22H23ClN4O4S/c1-14-3-4-17(21-24-15(2)31-26-21)13-20(14)32(29,30)27-11-9-16(10-12-27)22(28)25-19-7-5-18(23)6-8-19/h3-8,13,16H,9-12H2,1-2H3,(H,25,28). The van der Waals surface area contributed by atoms with Crippen LogP contribution in [0.2, 0.25) is 5.02 Å². The maximum Gasteiger partial charge on any atom is 0.243 e. The van der Waals surface area contributed by atoms with Crippen molar-refractivity contribution in [2.75, 3.05) is 18.4 Å². The highest BCUT2D eigenvalue weighted by Gasteiger charge is 2.33. The predicted octanol–water partition coefficient (Wildman–Crippen LogP) is 4.05. The smallest absolute Gasteiger partial charge is 0.243 e. The average molecular weight is 475 g/mol. The van der Waals surface area contributed by atoms with Crippen LogP contribution in [0.3, 0.4) is 0 Å². The lowest BCUT2D eigenvalue weighted by molar-refractivity contribution is -0.120. The van der Waals surface area contributed by atoms with Crippen molar-refractivity contribution in [1.82, 2.24) is 14.4 Å². The number of hydrogen-bond donors (Lipinski definition) is 1. The summed E-state index contributed by atoms with van der Waals surface area (Å²) in [5.41, 5.74) is 1.87. The van der Waals surface area contributed by atoms with Crippen molar-refractivity contribution >= 4 is 33.2 Å². The molecule has 0 unspecified atom stereocenters. The summed E-state index contributed by atoms with van der Waals surface area (Å²) < 4.78 is 33.1. The molecule has 10 heteroatoms. The third-order valence-electron chi connectivity index (χ3n) is 5.53. The molecule has 1 saturated heterocycles. The molecule has 1 fully saturated rings. The van der Waals surface area contributed by atoms with Crippen LogP contribution in [0.25, 0.3) is 11.4 Å². The van der Waals surface area contributed by atoms with Crippen molar-refractivity contribution in [2.45, 2.75) is 31.6 Å². The summed E-state index contributed by atoms with van der Waals surface area (Å²) in [6.07, 6.45) is 0.892. The van der Waals surface area contributed by atoms with E-state index in [9.17, 15) is 13.2 Å². The predicted molar refractivity (Wildman–Crippen MR) is 121 cm³/mol. The maximum atomic E-state index is 13.3. The van der Waals surface area contributed by atoms with Crippen molar-refractivity contribution in [3.05, 3.63) is 58.9 Å². The molecular weight excluding hydrogens is 452 g/mol. The van der Waals surface area contributed by atoms with Crippen molar-refractivity contribution in [3.8, 4) is 11.4 Å². The molecule has 2 aromatic carbocycles. The number of aromatic nitrogens is 2. The number of piperidine rings is 1. The van der Waals surface area contributed by atoms with Gasteiger partial charge in [0.1, 0.15) is 0 Å². The van der Waals surface area contributed by atoms with Crippen LogP contribution in [-0.4, -0.2) is 41.9 Å². The molecule has 0 saturated carbocycles. The molecule has 0 atom stereocenters. The molecule has 1 aliphatic rings. The van der Waals surface area contributed by atoms with E-state index in [1.807, 2.05) is 0 Å². The monoisotopic (exact) mass is 474 g/mol. The molecule has 1 aliphatic heterocycles. The van der Waals surface area contributed by atoms with Gasteiger partial charge in [-0.15, -0.1) is 0 Å². The molecular formula is C22H23ClN4O4S. The van der Waals surface area contributed by atoms with Crippen LogP contribution in [0.5, 0.6) is 0 Å². The van der Waals surface area contributed by atoms with E-state index < -0.39 is 10.0 Å². The zero-order chi connectivity index (χ0) is 22.9. The number of carbonyl (C=O) groups excluding carboxylic acids is 1. The molecule has 8 nitrogen and oxygen atoms in total. The minimum atomic E-state index is -3.73. The van der Waals surface area contributed by atoms with Gasteiger partial charge in [-0.1, -0.05) is 28.9 Å². The Hall–Kier alpha value is -2.75. The molecule has 0 radical (unpaired) electrons. The number of sulfonamides is 1. The van der Waals surface area contributed by atoms with E-state index in [1.165, 1.54) is 4.31 Å². The lowest BCUT2D eigenvalue weighted by Gasteiger charge is -2.31. The van der Waals surface area contributed by atoms with Gasteiger partial charge in [0, 0.05) is 42.2 Å². The number of aryl methyl sites for hydroxylation is 2. The SMILES string of the molecule is Cc1nc(-c2ccc(C)c(S(=O)(=O)N3CCC(C(=O)Nc4ccc(Cl)cc4)CC3)c2)no1. The number of carbonyl (C=O) groups is 1. The molecule has 1 aromatic heterocycles. The summed E-state index contributed by atoms with van der Waals surface area (Å²) in [6, 6.07) is 12.0. The van der Waals surface area contributed by atoms with Crippen molar-refractivity contribution in [3.63, 3.8) is 0 Å². The first kappa shape index (κ1) is 22.4. The minimum absolute atomic E-state index is 0.116. The molecule has 0 bridgehead atoms. The van der Waals surface area contributed by atoms with Gasteiger partial charge in [-0.05, 0) is 55.7 Å². The van der Waals surface area contributed by atoms with Gasteiger partial charge < -0.3 is 9.84 Å². The van der Waals surface area contributed by atoms with Crippen LogP contribution in [-0.2, 0) is 14.8 Å². The number of nitrogens with one attached hydrogen (secondary N) is 1. The first-order valence-electron chi connectivity index (χ1n) is 10.2. The van der Waals surface area contributed by atoms with Gasteiger partial charge in [-0.2, -0.15) is 9.29 Å². The lowest BCUT2D eigenvalue weighted by atomic mass is 9.97. The van der Waals surface area contributed by atoms with Gasteiger partial charge in [0.15, 0.2) is 0 Å². The van der Waals surface area contributed by atoms with E-state index in [4.69, 9.17) is 16.1 Å². The molecule has 168 valence electrons. The van der Waals surface area contributed by atoms with E-state index in [0.29, 0.717) is 46.4 Å². The van der Waals surface area contributed by atoms with Gasteiger partial charge in [-0.25, -0.2) is 8.42 Å². The number of hydrogen-bond acceptors (Lipinski definition) is 6. The average Bonchev–Trinajstić information content (AvgIpc) is 3.22. The Morgan fingerprint density at radius 3 is 2.44 bits per heavy atom. The molecule has 2 heterocycles. The van der Waals surface area contributed by atoms with Gasteiger partial charge in [-0.3, -0.25) is 4.79 Å². The third-order valence-corrected chi connectivity index (χ3v) is 7.82. The van der Waals surface area contributed by atoms with Gasteiger partial charge in [0.05, 0.1) is 4.90 Å².